The van der Waals surface area contributed by atoms with Gasteiger partial charge >= 0.3 is 0 Å². The lowest BCUT2D eigenvalue weighted by molar-refractivity contribution is 0.266. The zero-order chi connectivity index (χ0) is 16.4. The Kier molecular flexibility index (Phi) is 5.73. The molecule has 1 aromatic carbocycles. The molecular weight excluding hydrogens is 356 g/mol. The third-order valence-corrected chi connectivity index (χ3v) is 5.26. The number of hydrogen-bond acceptors (Lipinski definition) is 6. The highest BCUT2D eigenvalue weighted by Crippen LogP contribution is 2.31. The van der Waals surface area contributed by atoms with Crippen LogP contribution >= 0.6 is 23.7 Å². The number of fused-ring (bicyclic) bond motifs is 1. The van der Waals surface area contributed by atoms with E-state index in [-0.39, 0.29) is 18.4 Å². The number of aryl methyl sites for hydroxylation is 1. The molecule has 3 aromatic rings. The van der Waals surface area contributed by atoms with Crippen LogP contribution in [0.15, 0.2) is 42.7 Å². The second kappa shape index (κ2) is 7.99. The van der Waals surface area contributed by atoms with Gasteiger partial charge in [0.05, 0.1) is 22.5 Å². The van der Waals surface area contributed by atoms with Crippen molar-refractivity contribution in [2.24, 2.45) is 0 Å². The predicted octanol–water partition coefficient (Wildman–Crippen LogP) is 3.28. The van der Waals surface area contributed by atoms with Gasteiger partial charge in [-0.3, -0.25) is 4.98 Å². The van der Waals surface area contributed by atoms with Crippen LogP contribution in [0.1, 0.15) is 5.56 Å². The molecule has 0 spiro atoms. The quantitative estimate of drug-likeness (QED) is 0.757. The third kappa shape index (κ3) is 4.03. The summed E-state index contributed by atoms with van der Waals surface area (Å²) in [4.78, 5) is 11.3. The Morgan fingerprint density at radius 3 is 3.12 bits per heavy atom. The molecule has 1 aliphatic rings. The number of ether oxygens (including phenoxy) is 1. The maximum Gasteiger partial charge on any atom is 0.186 e. The molecule has 132 valence electrons. The summed E-state index contributed by atoms with van der Waals surface area (Å²) in [5, 5.41) is 4.53. The zero-order valence-electron chi connectivity index (χ0n) is 14.0. The van der Waals surface area contributed by atoms with E-state index in [4.69, 9.17) is 9.72 Å². The van der Waals surface area contributed by atoms with Crippen LogP contribution in [0, 0.1) is 6.92 Å². The average molecular weight is 377 g/mol. The van der Waals surface area contributed by atoms with E-state index < -0.39 is 0 Å². The Balaban J connectivity index is 0.00000182. The fourth-order valence-corrected chi connectivity index (χ4v) is 4.09. The summed E-state index contributed by atoms with van der Waals surface area (Å²) in [6.45, 7) is 5.55. The van der Waals surface area contributed by atoms with Gasteiger partial charge in [-0.05, 0) is 36.8 Å². The molecule has 0 radical (unpaired) electrons. The number of pyridine rings is 1. The topological polar surface area (TPSA) is 50.3 Å². The first-order valence-corrected chi connectivity index (χ1v) is 8.98. The molecule has 0 aliphatic carbocycles. The van der Waals surface area contributed by atoms with Gasteiger partial charge in [-0.25, -0.2) is 4.98 Å². The number of nitrogens with one attached hydrogen (secondary N) is 1. The summed E-state index contributed by atoms with van der Waals surface area (Å²) in [7, 11) is 0. The van der Waals surface area contributed by atoms with E-state index in [0.29, 0.717) is 6.61 Å². The summed E-state index contributed by atoms with van der Waals surface area (Å²) in [6.07, 6.45) is 3.51. The summed E-state index contributed by atoms with van der Waals surface area (Å²) < 4.78 is 7.17. The predicted molar refractivity (Wildman–Crippen MR) is 105 cm³/mol. The number of rotatable bonds is 4. The molecule has 0 amide bonds. The van der Waals surface area contributed by atoms with Gasteiger partial charge < -0.3 is 15.0 Å². The van der Waals surface area contributed by atoms with Crippen molar-refractivity contribution in [3.63, 3.8) is 0 Å². The Bertz CT molecular complexity index is 826. The van der Waals surface area contributed by atoms with Gasteiger partial charge in [0, 0.05) is 25.8 Å². The molecule has 1 saturated heterocycles. The lowest BCUT2D eigenvalue weighted by Gasteiger charge is -2.35. The second-order valence-electron chi connectivity index (χ2n) is 6.02. The molecule has 0 saturated carbocycles. The van der Waals surface area contributed by atoms with E-state index in [1.165, 1.54) is 10.3 Å². The van der Waals surface area contributed by atoms with Crippen molar-refractivity contribution in [3.05, 3.63) is 48.3 Å². The van der Waals surface area contributed by atoms with E-state index in [0.717, 1.165) is 36.0 Å². The van der Waals surface area contributed by atoms with Gasteiger partial charge in [0.15, 0.2) is 5.13 Å². The number of benzene rings is 1. The van der Waals surface area contributed by atoms with E-state index in [1.54, 1.807) is 23.7 Å². The van der Waals surface area contributed by atoms with E-state index in [1.807, 2.05) is 12.1 Å². The number of piperazine rings is 1. The summed E-state index contributed by atoms with van der Waals surface area (Å²) in [5.74, 6) is 0.808. The molecule has 3 heterocycles. The monoisotopic (exact) mass is 376 g/mol. The molecule has 7 heteroatoms. The minimum Gasteiger partial charge on any atom is -0.490 e. The number of hydrogen-bond donors (Lipinski definition) is 1. The van der Waals surface area contributed by atoms with Gasteiger partial charge in [-0.2, -0.15) is 0 Å². The summed E-state index contributed by atoms with van der Waals surface area (Å²) in [6, 6.07) is 10.5. The van der Waals surface area contributed by atoms with E-state index in [9.17, 15) is 0 Å². The van der Waals surface area contributed by atoms with Crippen LogP contribution in [0.25, 0.3) is 10.2 Å². The molecule has 25 heavy (non-hydrogen) atoms. The first kappa shape index (κ1) is 17.9. The van der Waals surface area contributed by atoms with E-state index in [2.05, 4.69) is 40.3 Å². The van der Waals surface area contributed by atoms with Crippen molar-refractivity contribution in [2.75, 3.05) is 31.1 Å². The van der Waals surface area contributed by atoms with Crippen LogP contribution in [0.2, 0.25) is 0 Å². The van der Waals surface area contributed by atoms with Crippen LogP contribution in [-0.4, -0.2) is 42.3 Å². The number of anilines is 1. The van der Waals surface area contributed by atoms with Crippen molar-refractivity contribution in [1.82, 2.24) is 15.3 Å². The molecular formula is C18H21ClN4OS. The highest BCUT2D eigenvalue weighted by molar-refractivity contribution is 7.22. The molecule has 2 aromatic heterocycles. The highest BCUT2D eigenvalue weighted by Gasteiger charge is 2.25. The van der Waals surface area contributed by atoms with Crippen molar-refractivity contribution in [2.45, 2.75) is 13.0 Å². The van der Waals surface area contributed by atoms with Crippen LogP contribution in [-0.2, 0) is 0 Å². The fraction of sp³-hybridized carbons (Fsp3) is 0.333. The fourth-order valence-electron chi connectivity index (χ4n) is 2.93. The van der Waals surface area contributed by atoms with Crippen LogP contribution in [0.3, 0.4) is 0 Å². The maximum atomic E-state index is 5.92. The zero-order valence-corrected chi connectivity index (χ0v) is 15.6. The van der Waals surface area contributed by atoms with Crippen LogP contribution in [0.4, 0.5) is 5.13 Å². The average Bonchev–Trinajstić information content (AvgIpc) is 3.04. The Morgan fingerprint density at radius 1 is 1.36 bits per heavy atom. The van der Waals surface area contributed by atoms with Gasteiger partial charge in [0.1, 0.15) is 12.4 Å². The SMILES string of the molecule is Cc1ccc2nc(N3CCNCC3COc3cccnc3)sc2c1.Cl. The molecule has 1 aliphatic heterocycles. The Labute approximate surface area is 157 Å². The molecule has 5 nitrogen and oxygen atoms in total. The lowest BCUT2D eigenvalue weighted by Crippen LogP contribution is -2.54. The number of aromatic nitrogens is 2. The Morgan fingerprint density at radius 2 is 2.28 bits per heavy atom. The third-order valence-electron chi connectivity index (χ3n) is 4.21. The lowest BCUT2D eigenvalue weighted by atomic mass is 10.2. The van der Waals surface area contributed by atoms with Crippen molar-refractivity contribution in [1.29, 1.82) is 0 Å². The first-order valence-electron chi connectivity index (χ1n) is 8.17. The molecule has 0 bridgehead atoms. The first-order chi connectivity index (χ1) is 11.8. The number of halogens is 1. The second-order valence-corrected chi connectivity index (χ2v) is 7.03. The maximum absolute atomic E-state index is 5.92. The van der Waals surface area contributed by atoms with Gasteiger partial charge in [0.2, 0.25) is 0 Å². The minimum absolute atomic E-state index is 0. The summed E-state index contributed by atoms with van der Waals surface area (Å²) in [5.41, 5.74) is 2.35. The Hall–Kier alpha value is -1.89. The normalized spacial score (nSPS) is 17.3. The van der Waals surface area contributed by atoms with E-state index >= 15 is 0 Å². The van der Waals surface area contributed by atoms with Crippen molar-refractivity contribution < 1.29 is 4.74 Å². The minimum atomic E-state index is 0. The van der Waals surface area contributed by atoms with Crippen LogP contribution < -0.4 is 15.0 Å². The molecule has 1 fully saturated rings. The molecule has 1 atom stereocenters. The van der Waals surface area contributed by atoms with Gasteiger partial charge in [-0.15, -0.1) is 12.4 Å². The van der Waals surface area contributed by atoms with Gasteiger partial charge in [0.25, 0.3) is 0 Å². The smallest absolute Gasteiger partial charge is 0.186 e. The van der Waals surface area contributed by atoms with Crippen molar-refractivity contribution in [3.8, 4) is 5.75 Å². The standard InChI is InChI=1S/C18H20N4OS.ClH/c1-13-4-5-16-17(9-13)24-18(21-16)22-8-7-20-10-14(22)12-23-15-3-2-6-19-11-15;/h2-6,9,11,14,20H,7-8,10,12H2,1H3;1H. The molecule has 1 unspecified atom stereocenters. The number of nitrogens with zero attached hydrogens (tertiary/aromatic N) is 3. The van der Waals surface area contributed by atoms with Gasteiger partial charge in [-0.1, -0.05) is 17.4 Å². The molecule has 1 N–H and O–H groups in total. The highest BCUT2D eigenvalue weighted by atomic mass is 35.5. The van der Waals surface area contributed by atoms with Crippen LogP contribution in [0.5, 0.6) is 5.75 Å². The van der Waals surface area contributed by atoms with Crippen molar-refractivity contribution >= 4 is 39.1 Å². The number of thiazole rings is 1. The summed E-state index contributed by atoms with van der Waals surface area (Å²) >= 11 is 1.76. The largest absolute Gasteiger partial charge is 0.490 e. The molecule has 4 rings (SSSR count).